The largest absolute Gasteiger partial charge is 0.493 e. The van der Waals surface area contributed by atoms with Crippen LogP contribution in [0.3, 0.4) is 0 Å². The van der Waals surface area contributed by atoms with Crippen LogP contribution in [0.5, 0.6) is 11.5 Å². The molecule has 280 valence electrons. The Morgan fingerprint density at radius 2 is 1.67 bits per heavy atom. The van der Waals surface area contributed by atoms with E-state index in [9.17, 15) is 29.9 Å². The number of carboxylic acid groups (broad SMARTS) is 1. The highest BCUT2D eigenvalue weighted by Crippen LogP contribution is 2.35. The highest BCUT2D eigenvalue weighted by molar-refractivity contribution is 5.79. The Morgan fingerprint density at radius 3 is 2.18 bits per heavy atom. The van der Waals surface area contributed by atoms with Gasteiger partial charge in [0.25, 0.3) is 5.09 Å². The first-order valence-electron chi connectivity index (χ1n) is 17.6. The smallest absolute Gasteiger partial charge is 0.408 e. The second-order valence-electron chi connectivity index (χ2n) is 15.0. The van der Waals surface area contributed by atoms with E-state index >= 15 is 0 Å². The Balaban J connectivity index is 2.31. The summed E-state index contributed by atoms with van der Waals surface area (Å²) in [7, 11) is 3.24. The van der Waals surface area contributed by atoms with E-state index in [0.717, 1.165) is 12.0 Å². The predicted molar refractivity (Wildman–Crippen MR) is 186 cm³/mol. The molecule has 13 nitrogen and oxygen atoms in total. The maximum Gasteiger partial charge on any atom is 0.408 e. The van der Waals surface area contributed by atoms with Gasteiger partial charge < -0.3 is 34.6 Å². The zero-order valence-electron chi connectivity index (χ0n) is 31.0. The summed E-state index contributed by atoms with van der Waals surface area (Å²) in [6.45, 7) is 14.5. The number of methoxy groups -OCH3 is 2. The number of carbonyl (C=O) groups excluding carboxylic acids is 1. The number of nitrogens with one attached hydrogen (secondary N) is 1. The van der Waals surface area contributed by atoms with Gasteiger partial charge in [0.2, 0.25) is 5.91 Å². The molecule has 0 radical (unpaired) electrons. The summed E-state index contributed by atoms with van der Waals surface area (Å²) < 4.78 is 16.7. The van der Waals surface area contributed by atoms with E-state index in [2.05, 4.69) is 19.2 Å². The molecule has 2 amide bonds. The number of benzene rings is 1. The average molecular weight is 696 g/mol. The molecule has 0 bridgehead atoms. The van der Waals surface area contributed by atoms with Gasteiger partial charge in [-0.3, -0.25) is 9.69 Å². The normalized spacial score (nSPS) is 19.1. The number of aliphatic hydroxyl groups excluding tert-OH is 1. The van der Waals surface area contributed by atoms with Crippen molar-refractivity contribution < 1.29 is 43.9 Å². The van der Waals surface area contributed by atoms with Crippen LogP contribution in [-0.4, -0.2) is 89.5 Å². The molecule has 1 aromatic rings. The molecule has 2 rings (SSSR count). The van der Waals surface area contributed by atoms with Crippen LogP contribution >= 0.6 is 0 Å². The van der Waals surface area contributed by atoms with E-state index in [1.54, 1.807) is 14.2 Å². The number of ether oxygens (including phenoxy) is 3. The molecule has 0 saturated heterocycles. The third kappa shape index (κ3) is 13.5. The van der Waals surface area contributed by atoms with Crippen LogP contribution in [0.15, 0.2) is 18.2 Å². The Labute approximate surface area is 292 Å². The van der Waals surface area contributed by atoms with Crippen molar-refractivity contribution >= 4 is 12.0 Å². The summed E-state index contributed by atoms with van der Waals surface area (Å²) in [5.41, 5.74) is 0.187. The first kappa shape index (κ1) is 41.8. The molecule has 13 heteroatoms. The summed E-state index contributed by atoms with van der Waals surface area (Å²) in [6, 6.07) is 4.88. The SMILES string of the molecule is COCCCOc1cc(C[C@@H](C[C@@H]([C@@H](O)C[C@H](C(=O)NC2CCC(O[N+](=O)[O-])CC2)C(C)C)N(C(=O)O)C(C)(C)C)C(C)C)ccc1OC. The molecule has 0 heterocycles. The molecule has 0 aromatic heterocycles. The third-order valence-electron chi connectivity index (χ3n) is 9.56. The minimum absolute atomic E-state index is 0.0125. The summed E-state index contributed by atoms with van der Waals surface area (Å²) in [6.07, 6.45) is 1.13. The lowest BCUT2D eigenvalue weighted by Crippen LogP contribution is -2.57. The van der Waals surface area contributed by atoms with Gasteiger partial charge in [-0.25, -0.2) is 4.79 Å². The van der Waals surface area contributed by atoms with Crippen molar-refractivity contribution in [3.05, 3.63) is 33.9 Å². The van der Waals surface area contributed by atoms with Crippen LogP contribution in [0.25, 0.3) is 0 Å². The van der Waals surface area contributed by atoms with Crippen molar-refractivity contribution in [3.63, 3.8) is 0 Å². The van der Waals surface area contributed by atoms with Gasteiger partial charge in [0.1, 0.15) is 6.10 Å². The summed E-state index contributed by atoms with van der Waals surface area (Å²) in [4.78, 5) is 43.2. The molecule has 49 heavy (non-hydrogen) atoms. The third-order valence-corrected chi connectivity index (χ3v) is 9.56. The van der Waals surface area contributed by atoms with Crippen molar-refractivity contribution in [1.82, 2.24) is 10.2 Å². The van der Waals surface area contributed by atoms with E-state index in [1.807, 2.05) is 52.8 Å². The Kier molecular flexibility index (Phi) is 16.9. The molecule has 1 aliphatic carbocycles. The molecule has 1 saturated carbocycles. The zero-order valence-corrected chi connectivity index (χ0v) is 31.0. The van der Waals surface area contributed by atoms with Gasteiger partial charge in [-0.1, -0.05) is 33.8 Å². The minimum Gasteiger partial charge on any atom is -0.493 e. The predicted octanol–water partition coefficient (Wildman–Crippen LogP) is 6.12. The number of hydrogen-bond acceptors (Lipinski definition) is 9. The number of hydrogen-bond donors (Lipinski definition) is 3. The average Bonchev–Trinajstić information content (AvgIpc) is 3.00. The van der Waals surface area contributed by atoms with Crippen LogP contribution in [0.2, 0.25) is 0 Å². The molecule has 0 spiro atoms. The number of amides is 2. The van der Waals surface area contributed by atoms with E-state index in [4.69, 9.17) is 19.0 Å². The van der Waals surface area contributed by atoms with Crippen LogP contribution in [0.4, 0.5) is 4.79 Å². The minimum atomic E-state index is -1.13. The summed E-state index contributed by atoms with van der Waals surface area (Å²) in [5, 5.41) is 35.4. The maximum absolute atomic E-state index is 13.6. The van der Waals surface area contributed by atoms with Gasteiger partial charge in [0.05, 0.1) is 25.9 Å². The van der Waals surface area contributed by atoms with Crippen molar-refractivity contribution in [1.29, 1.82) is 0 Å². The Morgan fingerprint density at radius 1 is 1.02 bits per heavy atom. The number of rotatable bonds is 20. The fraction of sp³-hybridized carbons (Fsp3) is 0.778. The molecule has 1 aromatic carbocycles. The highest BCUT2D eigenvalue weighted by atomic mass is 17.0. The van der Waals surface area contributed by atoms with Crippen LogP contribution in [0, 0.1) is 33.8 Å². The summed E-state index contributed by atoms with van der Waals surface area (Å²) in [5.74, 6) is 0.481. The molecular weight excluding hydrogens is 634 g/mol. The maximum atomic E-state index is 13.6. The van der Waals surface area contributed by atoms with E-state index < -0.39 is 40.9 Å². The topological polar surface area (TPSA) is 170 Å². The Bertz CT molecular complexity index is 1180. The fourth-order valence-electron chi connectivity index (χ4n) is 6.75. The van der Waals surface area contributed by atoms with Crippen molar-refractivity contribution in [2.24, 2.45) is 23.7 Å². The second-order valence-corrected chi connectivity index (χ2v) is 15.0. The lowest BCUT2D eigenvalue weighted by Gasteiger charge is -2.44. The van der Waals surface area contributed by atoms with Crippen molar-refractivity contribution in [2.45, 2.75) is 130 Å². The van der Waals surface area contributed by atoms with Gasteiger partial charge in [-0.2, -0.15) is 0 Å². The van der Waals surface area contributed by atoms with Crippen LogP contribution < -0.4 is 14.8 Å². The van der Waals surface area contributed by atoms with Crippen LogP contribution in [-0.2, 0) is 20.8 Å². The first-order valence-corrected chi connectivity index (χ1v) is 17.6. The molecule has 1 fully saturated rings. The van der Waals surface area contributed by atoms with Crippen LogP contribution in [0.1, 0.15) is 99.0 Å². The number of carbonyl (C=O) groups is 2. The monoisotopic (exact) mass is 695 g/mol. The quantitative estimate of drug-likeness (QED) is 0.0820. The fourth-order valence-corrected chi connectivity index (χ4v) is 6.75. The van der Waals surface area contributed by atoms with Gasteiger partial charge in [0, 0.05) is 37.6 Å². The second kappa shape index (κ2) is 19.8. The number of aliphatic hydroxyl groups is 1. The van der Waals surface area contributed by atoms with Crippen molar-refractivity contribution in [2.75, 3.05) is 27.4 Å². The standard InChI is InChI=1S/C36H61N3O10/c1-23(2)26(19-25-11-16-32(47-9)33(20-25)48-18-10-17-46-8)21-30(38(35(42)43)36(5,6)7)31(40)22-29(24(3)4)34(41)37-27-12-14-28(15-13-27)49-39(44)45/h11,16,20,23-24,26-31,40H,10,12-15,17-19,21-22H2,1-9H3,(H,37,41)(H,42,43)/t26-,27?,28?,29-,30-,31-/m0/s1. The zero-order chi connectivity index (χ0) is 36.9. The van der Waals surface area contributed by atoms with Gasteiger partial charge in [0.15, 0.2) is 11.5 Å². The molecule has 3 N–H and O–H groups in total. The van der Waals surface area contributed by atoms with E-state index in [0.29, 0.717) is 63.2 Å². The van der Waals surface area contributed by atoms with Gasteiger partial charge >= 0.3 is 6.09 Å². The van der Waals surface area contributed by atoms with Crippen molar-refractivity contribution in [3.8, 4) is 11.5 Å². The van der Waals surface area contributed by atoms with E-state index in [-0.39, 0.29) is 36.1 Å². The van der Waals surface area contributed by atoms with Gasteiger partial charge in [-0.05, 0) is 101 Å². The van der Waals surface area contributed by atoms with E-state index in [1.165, 1.54) is 4.90 Å². The van der Waals surface area contributed by atoms with Gasteiger partial charge in [-0.15, -0.1) is 10.1 Å². The lowest BCUT2D eigenvalue weighted by molar-refractivity contribution is -0.769. The molecule has 0 aliphatic heterocycles. The highest BCUT2D eigenvalue weighted by Gasteiger charge is 2.41. The number of nitrogens with zero attached hydrogens (tertiary/aromatic N) is 2. The Hall–Kier alpha value is -3.32. The molecule has 1 aliphatic rings. The molecular formula is C36H61N3O10. The molecule has 4 atom stereocenters. The first-order chi connectivity index (χ1) is 23.0. The molecule has 0 unspecified atom stereocenters. The summed E-state index contributed by atoms with van der Waals surface area (Å²) >= 11 is 0. The lowest BCUT2D eigenvalue weighted by atomic mass is 9.79.